The molecule has 1 atom stereocenters. The van der Waals surface area contributed by atoms with Gasteiger partial charge in [0.1, 0.15) is 11.8 Å². The van der Waals surface area contributed by atoms with Gasteiger partial charge in [-0.05, 0) is 30.2 Å². The maximum atomic E-state index is 10.2. The molecule has 0 fully saturated rings. The predicted molar refractivity (Wildman–Crippen MR) is 78.6 cm³/mol. The summed E-state index contributed by atoms with van der Waals surface area (Å²) in [5.41, 5.74) is 3.46. The molecule has 0 radical (unpaired) electrons. The fourth-order valence-corrected chi connectivity index (χ4v) is 2.17. The lowest BCUT2D eigenvalue weighted by Crippen LogP contribution is -2.03. The molecule has 5 heteroatoms. The van der Waals surface area contributed by atoms with Crippen LogP contribution in [0.25, 0.3) is 0 Å². The van der Waals surface area contributed by atoms with Crippen LogP contribution in [-0.4, -0.2) is 25.1 Å². The fraction of sp³-hybridized carbons (Fsp3) is 0.188. The monoisotopic (exact) mass is 280 g/mol. The van der Waals surface area contributed by atoms with Crippen molar-refractivity contribution in [3.05, 3.63) is 77.4 Å². The highest BCUT2D eigenvalue weighted by atomic mass is 16.3. The van der Waals surface area contributed by atoms with E-state index in [2.05, 4.69) is 34.4 Å². The van der Waals surface area contributed by atoms with Gasteiger partial charge in [-0.15, -0.1) is 5.10 Å². The number of nitrogens with zero attached hydrogens (tertiary/aromatic N) is 4. The van der Waals surface area contributed by atoms with E-state index in [9.17, 15) is 5.11 Å². The van der Waals surface area contributed by atoms with Gasteiger partial charge < -0.3 is 5.11 Å². The molecule has 0 bridgehead atoms. The minimum Gasteiger partial charge on any atom is -0.380 e. The van der Waals surface area contributed by atoms with Gasteiger partial charge in [-0.1, -0.05) is 35.5 Å². The number of aromatic nitrogens is 4. The van der Waals surface area contributed by atoms with Gasteiger partial charge in [0, 0.05) is 6.20 Å². The Hall–Kier alpha value is -2.53. The zero-order valence-electron chi connectivity index (χ0n) is 11.7. The first kappa shape index (κ1) is 13.5. The fourth-order valence-electron chi connectivity index (χ4n) is 2.17. The number of aliphatic hydroxyl groups excluding tert-OH is 1. The molecule has 0 amide bonds. The summed E-state index contributed by atoms with van der Waals surface area (Å²) in [6, 6.07) is 13.6. The Morgan fingerprint density at radius 1 is 1.10 bits per heavy atom. The van der Waals surface area contributed by atoms with Crippen LogP contribution < -0.4 is 0 Å². The molecule has 2 heterocycles. The third kappa shape index (κ3) is 2.98. The van der Waals surface area contributed by atoms with Crippen LogP contribution in [0.2, 0.25) is 0 Å². The molecule has 0 aliphatic carbocycles. The number of aliphatic hydroxyl groups is 1. The van der Waals surface area contributed by atoms with E-state index in [-0.39, 0.29) is 0 Å². The first-order valence-corrected chi connectivity index (χ1v) is 6.77. The third-order valence-corrected chi connectivity index (χ3v) is 3.40. The van der Waals surface area contributed by atoms with E-state index in [4.69, 9.17) is 0 Å². The second-order valence-corrected chi connectivity index (χ2v) is 4.92. The lowest BCUT2D eigenvalue weighted by molar-refractivity contribution is 0.210. The first-order valence-electron chi connectivity index (χ1n) is 6.77. The van der Waals surface area contributed by atoms with E-state index in [1.807, 2.05) is 24.3 Å². The van der Waals surface area contributed by atoms with E-state index >= 15 is 0 Å². The van der Waals surface area contributed by atoms with Crippen molar-refractivity contribution in [2.75, 3.05) is 0 Å². The molecule has 106 valence electrons. The molecule has 1 N–H and O–H groups in total. The lowest BCUT2D eigenvalue weighted by atomic mass is 10.1. The quantitative estimate of drug-likeness (QED) is 0.795. The number of benzene rings is 1. The van der Waals surface area contributed by atoms with Gasteiger partial charge in [0.25, 0.3) is 0 Å². The number of hydrogen-bond acceptors (Lipinski definition) is 4. The summed E-state index contributed by atoms with van der Waals surface area (Å²) < 4.78 is 1.73. The summed E-state index contributed by atoms with van der Waals surface area (Å²) in [4.78, 5) is 4.14. The van der Waals surface area contributed by atoms with Crippen LogP contribution in [0.15, 0.2) is 54.9 Å². The smallest absolute Gasteiger partial charge is 0.141 e. The standard InChI is InChI=1S/C16H16N4O/c1-12-6-2-3-7-13(12)10-20-11-15(18-19-20)16(21)14-8-4-5-9-17-14/h2-9,11,16,21H,10H2,1H3. The van der Waals surface area contributed by atoms with Crippen molar-refractivity contribution in [2.45, 2.75) is 19.6 Å². The highest BCUT2D eigenvalue weighted by Gasteiger charge is 2.15. The van der Waals surface area contributed by atoms with Crippen LogP contribution in [0.5, 0.6) is 0 Å². The number of hydrogen-bond donors (Lipinski definition) is 1. The summed E-state index contributed by atoms with van der Waals surface area (Å²) in [6.45, 7) is 2.70. The Bertz CT molecular complexity index is 724. The van der Waals surface area contributed by atoms with Crippen molar-refractivity contribution in [1.29, 1.82) is 0 Å². The van der Waals surface area contributed by atoms with Gasteiger partial charge in [-0.3, -0.25) is 4.98 Å². The van der Waals surface area contributed by atoms with Crippen molar-refractivity contribution in [3.8, 4) is 0 Å². The number of pyridine rings is 1. The molecule has 0 aliphatic rings. The minimum absolute atomic E-state index is 0.502. The highest BCUT2D eigenvalue weighted by Crippen LogP contribution is 2.17. The average molecular weight is 280 g/mol. The number of rotatable bonds is 4. The molecule has 3 aromatic rings. The molecule has 5 nitrogen and oxygen atoms in total. The molecular weight excluding hydrogens is 264 g/mol. The third-order valence-electron chi connectivity index (χ3n) is 3.40. The van der Waals surface area contributed by atoms with E-state index in [1.165, 1.54) is 11.1 Å². The maximum absolute atomic E-state index is 10.2. The molecule has 2 aromatic heterocycles. The van der Waals surface area contributed by atoms with Crippen LogP contribution in [0.1, 0.15) is 28.6 Å². The Kier molecular flexibility index (Phi) is 3.75. The lowest BCUT2D eigenvalue weighted by Gasteiger charge is -2.06. The minimum atomic E-state index is -0.850. The van der Waals surface area contributed by atoms with Crippen LogP contribution in [0.4, 0.5) is 0 Å². The van der Waals surface area contributed by atoms with Crippen molar-refractivity contribution in [3.63, 3.8) is 0 Å². The topological polar surface area (TPSA) is 63.8 Å². The molecule has 0 saturated carbocycles. The molecule has 21 heavy (non-hydrogen) atoms. The highest BCUT2D eigenvalue weighted by molar-refractivity contribution is 5.25. The zero-order chi connectivity index (χ0) is 14.7. The summed E-state index contributed by atoms with van der Waals surface area (Å²) in [5, 5.41) is 18.4. The normalized spacial score (nSPS) is 12.3. The van der Waals surface area contributed by atoms with Crippen LogP contribution in [0, 0.1) is 6.92 Å². The maximum Gasteiger partial charge on any atom is 0.141 e. The SMILES string of the molecule is Cc1ccccc1Cn1cc(C(O)c2ccccn2)nn1. The molecule has 0 spiro atoms. The predicted octanol–water partition coefficient (Wildman–Crippen LogP) is 2.11. The van der Waals surface area contributed by atoms with Crippen molar-refractivity contribution in [2.24, 2.45) is 0 Å². The van der Waals surface area contributed by atoms with Crippen LogP contribution in [-0.2, 0) is 6.54 Å². The Morgan fingerprint density at radius 3 is 2.67 bits per heavy atom. The second kappa shape index (κ2) is 5.85. The second-order valence-electron chi connectivity index (χ2n) is 4.92. The summed E-state index contributed by atoms with van der Waals surface area (Å²) in [5.74, 6) is 0. The van der Waals surface area contributed by atoms with Gasteiger partial charge >= 0.3 is 0 Å². The molecule has 0 saturated heterocycles. The van der Waals surface area contributed by atoms with E-state index in [0.29, 0.717) is 17.9 Å². The van der Waals surface area contributed by atoms with E-state index in [0.717, 1.165) is 0 Å². The van der Waals surface area contributed by atoms with Gasteiger partial charge in [0.15, 0.2) is 0 Å². The summed E-state index contributed by atoms with van der Waals surface area (Å²) in [7, 11) is 0. The van der Waals surface area contributed by atoms with Crippen molar-refractivity contribution in [1.82, 2.24) is 20.0 Å². The molecular formula is C16H16N4O. The van der Waals surface area contributed by atoms with Gasteiger partial charge in [-0.25, -0.2) is 4.68 Å². The number of aryl methyl sites for hydroxylation is 1. The van der Waals surface area contributed by atoms with Crippen LogP contribution in [0.3, 0.4) is 0 Å². The summed E-state index contributed by atoms with van der Waals surface area (Å²) >= 11 is 0. The molecule has 3 rings (SSSR count). The van der Waals surface area contributed by atoms with Gasteiger partial charge in [0.2, 0.25) is 0 Å². The van der Waals surface area contributed by atoms with E-state index in [1.54, 1.807) is 23.1 Å². The largest absolute Gasteiger partial charge is 0.380 e. The van der Waals surface area contributed by atoms with Crippen molar-refractivity contribution < 1.29 is 5.11 Å². The van der Waals surface area contributed by atoms with Crippen LogP contribution >= 0.6 is 0 Å². The molecule has 1 aromatic carbocycles. The summed E-state index contributed by atoms with van der Waals surface area (Å²) in [6.07, 6.45) is 2.55. The zero-order valence-corrected chi connectivity index (χ0v) is 11.7. The van der Waals surface area contributed by atoms with Gasteiger partial charge in [0.05, 0.1) is 18.4 Å². The van der Waals surface area contributed by atoms with Crippen molar-refractivity contribution >= 4 is 0 Å². The molecule has 1 unspecified atom stereocenters. The Labute approximate surface area is 122 Å². The van der Waals surface area contributed by atoms with Gasteiger partial charge in [-0.2, -0.15) is 0 Å². The Balaban J connectivity index is 1.79. The van der Waals surface area contributed by atoms with E-state index < -0.39 is 6.10 Å². The first-order chi connectivity index (χ1) is 10.2. The molecule has 0 aliphatic heterocycles. The Morgan fingerprint density at radius 2 is 1.90 bits per heavy atom. The average Bonchev–Trinajstić information content (AvgIpc) is 2.98.